The SMILES string of the molecule is COc1ccc(NC(=O)Cn2cc(C(=O)c3ccccc3)c(=O)c3cc4c(cc32)OCO4)cc1. The zero-order chi connectivity index (χ0) is 23.7. The minimum atomic E-state index is -0.436. The van der Waals surface area contributed by atoms with Crippen molar-refractivity contribution in [3.05, 3.63) is 94.3 Å². The Morgan fingerprint density at radius 3 is 2.41 bits per heavy atom. The van der Waals surface area contributed by atoms with E-state index in [1.165, 1.54) is 6.20 Å². The van der Waals surface area contributed by atoms with Crippen LogP contribution in [0, 0.1) is 0 Å². The third-order valence-corrected chi connectivity index (χ3v) is 5.54. The first kappa shape index (κ1) is 21.3. The van der Waals surface area contributed by atoms with Gasteiger partial charge in [0.05, 0.1) is 23.6 Å². The van der Waals surface area contributed by atoms with Crippen molar-refractivity contribution in [1.29, 1.82) is 0 Å². The van der Waals surface area contributed by atoms with E-state index in [-0.39, 0.29) is 30.2 Å². The highest BCUT2D eigenvalue weighted by Gasteiger charge is 2.22. The first-order valence-corrected chi connectivity index (χ1v) is 10.5. The number of hydrogen-bond donors (Lipinski definition) is 1. The number of methoxy groups -OCH3 is 1. The molecule has 8 nitrogen and oxygen atoms in total. The van der Waals surface area contributed by atoms with Crippen molar-refractivity contribution >= 4 is 28.3 Å². The van der Waals surface area contributed by atoms with Crippen molar-refractivity contribution in [2.45, 2.75) is 6.54 Å². The Morgan fingerprint density at radius 1 is 1.00 bits per heavy atom. The highest BCUT2D eigenvalue weighted by molar-refractivity contribution is 6.10. The second-order valence-corrected chi connectivity index (χ2v) is 7.69. The summed E-state index contributed by atoms with van der Waals surface area (Å²) >= 11 is 0. The van der Waals surface area contributed by atoms with Crippen molar-refractivity contribution in [1.82, 2.24) is 4.57 Å². The Balaban J connectivity index is 1.56. The molecule has 0 atom stereocenters. The first-order valence-electron chi connectivity index (χ1n) is 10.5. The number of carbonyl (C=O) groups excluding carboxylic acids is 2. The molecule has 3 aromatic carbocycles. The fourth-order valence-electron chi connectivity index (χ4n) is 3.85. The van der Waals surface area contributed by atoms with Crippen LogP contribution in [-0.2, 0) is 11.3 Å². The van der Waals surface area contributed by atoms with Gasteiger partial charge >= 0.3 is 0 Å². The summed E-state index contributed by atoms with van der Waals surface area (Å²) in [5, 5.41) is 3.09. The largest absolute Gasteiger partial charge is 0.497 e. The lowest BCUT2D eigenvalue weighted by atomic mass is 10.0. The minimum Gasteiger partial charge on any atom is -0.497 e. The molecule has 1 aliphatic rings. The number of fused-ring (bicyclic) bond motifs is 2. The summed E-state index contributed by atoms with van der Waals surface area (Å²) in [7, 11) is 1.56. The highest BCUT2D eigenvalue weighted by Crippen LogP contribution is 2.35. The number of rotatable bonds is 6. The number of hydrogen-bond acceptors (Lipinski definition) is 6. The van der Waals surface area contributed by atoms with Crippen molar-refractivity contribution < 1.29 is 23.8 Å². The van der Waals surface area contributed by atoms with Gasteiger partial charge in [-0.2, -0.15) is 0 Å². The smallest absolute Gasteiger partial charge is 0.244 e. The van der Waals surface area contributed by atoms with Crippen LogP contribution in [0.5, 0.6) is 17.2 Å². The molecular weight excluding hydrogens is 436 g/mol. The third-order valence-electron chi connectivity index (χ3n) is 5.54. The van der Waals surface area contributed by atoms with Crippen LogP contribution in [0.4, 0.5) is 5.69 Å². The maximum Gasteiger partial charge on any atom is 0.244 e. The Hall–Kier alpha value is -4.59. The maximum atomic E-state index is 13.3. The van der Waals surface area contributed by atoms with Crippen LogP contribution in [-0.4, -0.2) is 30.2 Å². The standard InChI is InChI=1S/C26H20N2O6/c1-32-18-9-7-17(8-10-18)27-24(29)14-28-13-20(25(30)16-5-3-2-4-6-16)26(31)19-11-22-23(12-21(19)28)34-15-33-22/h2-13H,14-15H2,1H3,(H,27,29). The summed E-state index contributed by atoms with van der Waals surface area (Å²) in [4.78, 5) is 39.3. The zero-order valence-corrected chi connectivity index (χ0v) is 18.2. The zero-order valence-electron chi connectivity index (χ0n) is 18.2. The summed E-state index contributed by atoms with van der Waals surface area (Å²) in [6.07, 6.45) is 1.43. The number of nitrogens with zero attached hydrogens (tertiary/aromatic N) is 1. The first-order chi connectivity index (χ1) is 16.5. The van der Waals surface area contributed by atoms with Crippen LogP contribution in [0.15, 0.2) is 77.7 Å². The van der Waals surface area contributed by atoms with E-state index in [1.807, 2.05) is 0 Å². The Kier molecular flexibility index (Phi) is 5.47. The lowest BCUT2D eigenvalue weighted by Gasteiger charge is -2.14. The van der Waals surface area contributed by atoms with Gasteiger partial charge in [-0.15, -0.1) is 0 Å². The number of benzene rings is 3. The fourth-order valence-corrected chi connectivity index (χ4v) is 3.85. The van der Waals surface area contributed by atoms with Gasteiger partial charge in [0, 0.05) is 23.5 Å². The summed E-state index contributed by atoms with van der Waals surface area (Å²) < 4.78 is 17.6. The molecule has 4 aromatic rings. The molecule has 1 aromatic heterocycles. The van der Waals surface area contributed by atoms with E-state index in [0.29, 0.717) is 34.0 Å². The molecule has 0 saturated heterocycles. The van der Waals surface area contributed by atoms with Gasteiger partial charge in [0.1, 0.15) is 12.3 Å². The van der Waals surface area contributed by atoms with Crippen LogP contribution in [0.1, 0.15) is 15.9 Å². The van der Waals surface area contributed by atoms with Gasteiger partial charge in [-0.1, -0.05) is 30.3 Å². The summed E-state index contributed by atoms with van der Waals surface area (Å²) in [5.74, 6) is 0.811. The lowest BCUT2D eigenvalue weighted by molar-refractivity contribution is -0.116. The molecule has 0 spiro atoms. The fraction of sp³-hybridized carbons (Fsp3) is 0.115. The molecule has 170 valence electrons. The average molecular weight is 456 g/mol. The maximum absolute atomic E-state index is 13.3. The number of pyridine rings is 1. The number of ketones is 1. The van der Waals surface area contributed by atoms with Crippen LogP contribution in [0.3, 0.4) is 0 Å². The van der Waals surface area contributed by atoms with Gasteiger partial charge in [-0.25, -0.2) is 0 Å². The topological polar surface area (TPSA) is 95.9 Å². The molecular formula is C26H20N2O6. The number of carbonyl (C=O) groups is 2. The molecule has 0 radical (unpaired) electrons. The number of ether oxygens (including phenoxy) is 3. The van der Waals surface area contributed by atoms with Crippen molar-refractivity contribution in [3.63, 3.8) is 0 Å². The normalized spacial score (nSPS) is 11.9. The Morgan fingerprint density at radius 2 is 1.71 bits per heavy atom. The second-order valence-electron chi connectivity index (χ2n) is 7.69. The summed E-state index contributed by atoms with van der Waals surface area (Å²) in [6.45, 7) is -0.0921. The van der Waals surface area contributed by atoms with Gasteiger partial charge in [0.15, 0.2) is 17.3 Å². The monoisotopic (exact) mass is 456 g/mol. The van der Waals surface area contributed by atoms with Crippen molar-refractivity contribution in [2.75, 3.05) is 19.2 Å². The van der Waals surface area contributed by atoms with Gasteiger partial charge in [-0.3, -0.25) is 14.4 Å². The quantitative estimate of drug-likeness (QED) is 0.446. The van der Waals surface area contributed by atoms with E-state index < -0.39 is 11.2 Å². The van der Waals surface area contributed by atoms with Crippen molar-refractivity contribution in [3.8, 4) is 17.2 Å². The summed E-state index contributed by atoms with van der Waals surface area (Å²) in [6, 6.07) is 18.7. The van der Waals surface area contributed by atoms with E-state index in [2.05, 4.69) is 5.32 Å². The number of aromatic nitrogens is 1. The molecule has 0 saturated carbocycles. The molecule has 8 heteroatoms. The highest BCUT2D eigenvalue weighted by atomic mass is 16.7. The molecule has 0 fully saturated rings. The number of anilines is 1. The summed E-state index contributed by atoms with van der Waals surface area (Å²) in [5.41, 5.74) is 0.968. The third kappa shape index (κ3) is 3.97. The molecule has 0 aliphatic carbocycles. The lowest BCUT2D eigenvalue weighted by Crippen LogP contribution is -2.24. The predicted octanol–water partition coefficient (Wildman–Crippen LogP) is 3.61. The van der Waals surface area contributed by atoms with E-state index in [9.17, 15) is 14.4 Å². The second kappa shape index (κ2) is 8.74. The van der Waals surface area contributed by atoms with Crippen LogP contribution in [0.25, 0.3) is 10.9 Å². The van der Waals surface area contributed by atoms with Crippen LogP contribution < -0.4 is 25.0 Å². The molecule has 0 bridgehead atoms. The molecule has 2 heterocycles. The van der Waals surface area contributed by atoms with Gasteiger partial charge in [-0.05, 0) is 30.3 Å². The molecule has 1 amide bonds. The molecule has 0 unspecified atom stereocenters. The average Bonchev–Trinajstić information content (AvgIpc) is 3.33. The Bertz CT molecular complexity index is 1460. The van der Waals surface area contributed by atoms with Crippen LogP contribution in [0.2, 0.25) is 0 Å². The van der Waals surface area contributed by atoms with Crippen molar-refractivity contribution in [2.24, 2.45) is 0 Å². The van der Waals surface area contributed by atoms with Crippen LogP contribution >= 0.6 is 0 Å². The van der Waals surface area contributed by atoms with E-state index in [1.54, 1.807) is 78.4 Å². The van der Waals surface area contributed by atoms with E-state index in [0.717, 1.165) is 0 Å². The molecule has 1 aliphatic heterocycles. The van der Waals surface area contributed by atoms with E-state index >= 15 is 0 Å². The molecule has 5 rings (SSSR count). The Labute approximate surface area is 194 Å². The van der Waals surface area contributed by atoms with Gasteiger partial charge in [0.25, 0.3) is 0 Å². The molecule has 34 heavy (non-hydrogen) atoms. The predicted molar refractivity (Wildman–Crippen MR) is 126 cm³/mol. The number of amides is 1. The van der Waals surface area contributed by atoms with Gasteiger partial charge in [0.2, 0.25) is 18.1 Å². The number of nitrogens with one attached hydrogen (secondary N) is 1. The van der Waals surface area contributed by atoms with Gasteiger partial charge < -0.3 is 24.1 Å². The minimum absolute atomic E-state index is 0.0326. The molecule has 1 N–H and O–H groups in total. The van der Waals surface area contributed by atoms with E-state index in [4.69, 9.17) is 14.2 Å².